The number of benzene rings is 5. The summed E-state index contributed by atoms with van der Waals surface area (Å²) >= 11 is 0. The van der Waals surface area contributed by atoms with Crippen molar-refractivity contribution in [2.45, 2.75) is 12.0 Å². The van der Waals surface area contributed by atoms with E-state index in [0.29, 0.717) is 0 Å². The molecular formula is C32H22O. The Kier molecular flexibility index (Phi) is 3.89. The second kappa shape index (κ2) is 6.95. The van der Waals surface area contributed by atoms with Crippen molar-refractivity contribution in [3.05, 3.63) is 143 Å². The van der Waals surface area contributed by atoms with Gasteiger partial charge in [0.2, 0.25) is 0 Å². The fourth-order valence-corrected chi connectivity index (χ4v) is 5.52. The first kappa shape index (κ1) is 18.5. The SMILES string of the molecule is C1=CC(c2ccccc2)(c2ccccc2)Oc2c1ccc1ccc3c(c21)-c1ccccc1C3. The van der Waals surface area contributed by atoms with E-state index in [4.69, 9.17) is 4.74 Å². The molecule has 1 heteroatoms. The van der Waals surface area contributed by atoms with Crippen LogP contribution in [0.1, 0.15) is 27.8 Å². The summed E-state index contributed by atoms with van der Waals surface area (Å²) in [5.74, 6) is 0.969. The molecule has 33 heavy (non-hydrogen) atoms. The van der Waals surface area contributed by atoms with Crippen LogP contribution in [0.5, 0.6) is 5.75 Å². The van der Waals surface area contributed by atoms with E-state index < -0.39 is 5.60 Å². The second-order valence-electron chi connectivity index (χ2n) is 8.92. The third kappa shape index (κ3) is 2.66. The molecular weight excluding hydrogens is 400 g/mol. The van der Waals surface area contributed by atoms with E-state index in [2.05, 4.69) is 121 Å². The first-order valence-corrected chi connectivity index (χ1v) is 11.5. The van der Waals surface area contributed by atoms with Crippen molar-refractivity contribution in [1.29, 1.82) is 0 Å². The number of hydrogen-bond acceptors (Lipinski definition) is 1. The number of rotatable bonds is 2. The van der Waals surface area contributed by atoms with E-state index in [1.807, 2.05) is 0 Å². The summed E-state index contributed by atoms with van der Waals surface area (Å²) in [7, 11) is 0. The summed E-state index contributed by atoms with van der Waals surface area (Å²) in [5.41, 5.74) is 8.13. The molecule has 0 aromatic heterocycles. The third-order valence-electron chi connectivity index (χ3n) is 7.09. The normalized spacial score (nSPS) is 14.9. The number of ether oxygens (including phenoxy) is 1. The average molecular weight is 423 g/mol. The van der Waals surface area contributed by atoms with Crippen molar-refractivity contribution in [3.63, 3.8) is 0 Å². The Morgan fingerprint density at radius 2 is 1.27 bits per heavy atom. The van der Waals surface area contributed by atoms with Crippen molar-refractivity contribution in [2.24, 2.45) is 0 Å². The predicted molar refractivity (Wildman–Crippen MR) is 136 cm³/mol. The van der Waals surface area contributed by atoms with Gasteiger partial charge in [0.05, 0.1) is 0 Å². The Balaban J connectivity index is 1.53. The molecule has 0 amide bonds. The first-order chi connectivity index (χ1) is 16.3. The molecule has 5 aromatic rings. The minimum absolute atomic E-state index is 0.676. The maximum absolute atomic E-state index is 7.16. The van der Waals surface area contributed by atoms with Crippen LogP contribution in [0, 0.1) is 0 Å². The van der Waals surface area contributed by atoms with Gasteiger partial charge in [-0.05, 0) is 40.1 Å². The molecule has 0 N–H and O–H groups in total. The van der Waals surface area contributed by atoms with Crippen LogP contribution in [-0.4, -0.2) is 0 Å². The Hall–Kier alpha value is -4.10. The van der Waals surface area contributed by atoms with E-state index >= 15 is 0 Å². The zero-order valence-electron chi connectivity index (χ0n) is 18.2. The minimum atomic E-state index is -0.676. The van der Waals surface area contributed by atoms with Gasteiger partial charge in [0.25, 0.3) is 0 Å². The Bertz CT molecular complexity index is 1510. The molecule has 5 aromatic carbocycles. The van der Waals surface area contributed by atoms with Crippen LogP contribution in [0.15, 0.2) is 115 Å². The van der Waals surface area contributed by atoms with Gasteiger partial charge in [-0.25, -0.2) is 0 Å². The lowest BCUT2D eigenvalue weighted by Gasteiger charge is -2.37. The second-order valence-corrected chi connectivity index (χ2v) is 8.92. The molecule has 0 fully saturated rings. The van der Waals surface area contributed by atoms with Crippen LogP contribution < -0.4 is 4.74 Å². The standard InChI is InChI=1S/C32H22O/c1-3-10-26(11-4-1)32(27-12-5-2-6-13-27)20-19-23-17-15-22-16-18-25-21-24-9-7-8-14-28(24)29(25)30(22)31(23)33-32/h1-20H,21H2. The van der Waals surface area contributed by atoms with Crippen molar-refractivity contribution in [2.75, 3.05) is 0 Å². The summed E-state index contributed by atoms with van der Waals surface area (Å²) in [6.45, 7) is 0. The fraction of sp³-hybridized carbons (Fsp3) is 0.0625. The molecule has 156 valence electrons. The summed E-state index contributed by atoms with van der Waals surface area (Å²) in [4.78, 5) is 0. The molecule has 0 radical (unpaired) electrons. The molecule has 0 spiro atoms. The lowest BCUT2D eigenvalue weighted by Crippen LogP contribution is -2.34. The molecule has 2 aliphatic rings. The summed E-state index contributed by atoms with van der Waals surface area (Å²) in [6.07, 6.45) is 5.42. The van der Waals surface area contributed by atoms with Crippen LogP contribution in [-0.2, 0) is 12.0 Å². The van der Waals surface area contributed by atoms with E-state index in [1.54, 1.807) is 0 Å². The average Bonchev–Trinajstić information content (AvgIpc) is 3.28. The van der Waals surface area contributed by atoms with Crippen molar-refractivity contribution in [3.8, 4) is 16.9 Å². The van der Waals surface area contributed by atoms with Gasteiger partial charge < -0.3 is 4.74 Å². The van der Waals surface area contributed by atoms with Crippen molar-refractivity contribution < 1.29 is 4.74 Å². The fourth-order valence-electron chi connectivity index (χ4n) is 5.52. The summed E-state index contributed by atoms with van der Waals surface area (Å²) in [5, 5.41) is 2.44. The van der Waals surface area contributed by atoms with Crippen LogP contribution >= 0.6 is 0 Å². The van der Waals surface area contributed by atoms with E-state index in [-0.39, 0.29) is 0 Å². The molecule has 0 atom stereocenters. The van der Waals surface area contributed by atoms with Gasteiger partial charge in [0.15, 0.2) is 5.60 Å². The molecule has 1 nitrogen and oxygen atoms in total. The van der Waals surface area contributed by atoms with Gasteiger partial charge >= 0.3 is 0 Å². The van der Waals surface area contributed by atoms with E-state index in [9.17, 15) is 0 Å². The van der Waals surface area contributed by atoms with Gasteiger partial charge in [0, 0.05) is 22.1 Å². The van der Waals surface area contributed by atoms with Crippen molar-refractivity contribution in [1.82, 2.24) is 0 Å². The van der Waals surface area contributed by atoms with E-state index in [1.165, 1.54) is 33.0 Å². The monoisotopic (exact) mass is 422 g/mol. The lowest BCUT2D eigenvalue weighted by atomic mass is 9.83. The summed E-state index contributed by atoms with van der Waals surface area (Å²) in [6, 6.07) is 38.8. The van der Waals surface area contributed by atoms with Gasteiger partial charge in [0.1, 0.15) is 5.75 Å². The quantitative estimate of drug-likeness (QED) is 0.277. The predicted octanol–water partition coefficient (Wildman–Crippen LogP) is 7.76. The molecule has 0 saturated carbocycles. The highest BCUT2D eigenvalue weighted by Crippen LogP contribution is 2.50. The van der Waals surface area contributed by atoms with Crippen LogP contribution in [0.4, 0.5) is 0 Å². The summed E-state index contributed by atoms with van der Waals surface area (Å²) < 4.78 is 7.16. The maximum atomic E-state index is 7.16. The topological polar surface area (TPSA) is 9.23 Å². The number of fused-ring (bicyclic) bond motifs is 7. The highest BCUT2D eigenvalue weighted by molar-refractivity contribution is 6.06. The van der Waals surface area contributed by atoms with Crippen LogP contribution in [0.2, 0.25) is 0 Å². The van der Waals surface area contributed by atoms with Crippen LogP contribution in [0.3, 0.4) is 0 Å². The molecule has 0 saturated heterocycles. The smallest absolute Gasteiger partial charge is 0.178 e. The molecule has 0 bridgehead atoms. The van der Waals surface area contributed by atoms with Gasteiger partial charge in [-0.3, -0.25) is 0 Å². The molecule has 0 unspecified atom stereocenters. The largest absolute Gasteiger partial charge is 0.472 e. The highest BCUT2D eigenvalue weighted by Gasteiger charge is 2.38. The Morgan fingerprint density at radius 1 is 0.606 bits per heavy atom. The first-order valence-electron chi connectivity index (χ1n) is 11.5. The third-order valence-corrected chi connectivity index (χ3v) is 7.09. The zero-order chi connectivity index (χ0) is 21.8. The van der Waals surface area contributed by atoms with Crippen molar-refractivity contribution >= 4 is 16.8 Å². The highest BCUT2D eigenvalue weighted by atomic mass is 16.5. The Morgan fingerprint density at radius 3 is 2.03 bits per heavy atom. The molecule has 1 aliphatic carbocycles. The molecule has 1 aliphatic heterocycles. The van der Waals surface area contributed by atoms with Gasteiger partial charge in [-0.15, -0.1) is 0 Å². The molecule has 1 heterocycles. The zero-order valence-corrected chi connectivity index (χ0v) is 18.2. The lowest BCUT2D eigenvalue weighted by molar-refractivity contribution is 0.163. The van der Waals surface area contributed by atoms with Gasteiger partial charge in [-0.1, -0.05) is 115 Å². The van der Waals surface area contributed by atoms with Gasteiger partial charge in [-0.2, -0.15) is 0 Å². The Labute approximate surface area is 193 Å². The molecule has 7 rings (SSSR count). The number of hydrogen-bond donors (Lipinski definition) is 0. The van der Waals surface area contributed by atoms with E-state index in [0.717, 1.165) is 28.9 Å². The van der Waals surface area contributed by atoms with Crippen LogP contribution in [0.25, 0.3) is 28.0 Å². The minimum Gasteiger partial charge on any atom is -0.472 e. The maximum Gasteiger partial charge on any atom is 0.178 e.